The van der Waals surface area contributed by atoms with Crippen molar-refractivity contribution < 1.29 is 22.1 Å². The van der Waals surface area contributed by atoms with E-state index in [0.717, 1.165) is 35.9 Å². The molecule has 1 aliphatic carbocycles. The van der Waals surface area contributed by atoms with Crippen molar-refractivity contribution in [2.24, 2.45) is 5.92 Å². The Morgan fingerprint density at radius 3 is 2.65 bits per heavy atom. The number of carbonyl (C=O) groups is 1. The number of nitrogens with one attached hydrogen (secondary N) is 1. The molecule has 1 unspecified atom stereocenters. The smallest absolute Gasteiger partial charge is 0.264 e. The van der Waals surface area contributed by atoms with Gasteiger partial charge in [0.1, 0.15) is 5.75 Å². The first-order valence-corrected chi connectivity index (χ1v) is 12.8. The molecule has 1 saturated carbocycles. The van der Waals surface area contributed by atoms with Crippen LogP contribution in [-0.2, 0) is 20.9 Å². The molecule has 0 spiro atoms. The van der Waals surface area contributed by atoms with Crippen molar-refractivity contribution in [2.45, 2.75) is 32.4 Å². The summed E-state index contributed by atoms with van der Waals surface area (Å²) in [5, 5.41) is 3.14. The molecule has 178 valence electrons. The van der Waals surface area contributed by atoms with Gasteiger partial charge in [0.25, 0.3) is 16.0 Å². The SMILES string of the molecule is COc1cnccc1-c1cc(COS(C)(=O)=O)cc(C(=O)NC(c2cc(C)ccn2)C2CC2)c1. The molecule has 1 aliphatic rings. The number of amides is 1. The third-order valence-electron chi connectivity index (χ3n) is 5.65. The minimum atomic E-state index is -3.65. The van der Waals surface area contributed by atoms with Gasteiger partial charge in [0, 0.05) is 23.5 Å². The van der Waals surface area contributed by atoms with Crippen molar-refractivity contribution >= 4 is 16.0 Å². The number of rotatable bonds is 9. The van der Waals surface area contributed by atoms with E-state index in [1.54, 1.807) is 50.0 Å². The molecule has 9 heteroatoms. The zero-order valence-corrected chi connectivity index (χ0v) is 20.1. The van der Waals surface area contributed by atoms with Gasteiger partial charge < -0.3 is 10.1 Å². The van der Waals surface area contributed by atoms with Gasteiger partial charge in [0.15, 0.2) is 0 Å². The predicted octanol–water partition coefficient (Wildman–Crippen LogP) is 3.82. The Morgan fingerprint density at radius 1 is 1.18 bits per heavy atom. The van der Waals surface area contributed by atoms with E-state index >= 15 is 0 Å². The van der Waals surface area contributed by atoms with E-state index in [0.29, 0.717) is 28.4 Å². The Hall–Kier alpha value is -3.30. The maximum atomic E-state index is 13.4. The summed E-state index contributed by atoms with van der Waals surface area (Å²) in [6, 6.07) is 10.7. The van der Waals surface area contributed by atoms with E-state index in [9.17, 15) is 13.2 Å². The largest absolute Gasteiger partial charge is 0.494 e. The topological polar surface area (TPSA) is 107 Å². The molecule has 1 N–H and O–H groups in total. The molecule has 1 atom stereocenters. The predicted molar refractivity (Wildman–Crippen MR) is 128 cm³/mol. The first kappa shape index (κ1) is 23.8. The first-order valence-electron chi connectivity index (χ1n) is 10.9. The van der Waals surface area contributed by atoms with Crippen LogP contribution in [0.3, 0.4) is 0 Å². The lowest BCUT2D eigenvalue weighted by molar-refractivity contribution is 0.0930. The minimum Gasteiger partial charge on any atom is -0.494 e. The third kappa shape index (κ3) is 5.98. The Labute approximate surface area is 199 Å². The van der Waals surface area contributed by atoms with Crippen LogP contribution in [0.5, 0.6) is 5.75 Å². The molecule has 0 saturated heterocycles. The normalized spacial score (nSPS) is 14.4. The summed E-state index contributed by atoms with van der Waals surface area (Å²) in [5.41, 5.74) is 4.27. The van der Waals surface area contributed by atoms with Gasteiger partial charge in [-0.15, -0.1) is 0 Å². The lowest BCUT2D eigenvalue weighted by atomic mass is 9.99. The van der Waals surface area contributed by atoms with Gasteiger partial charge in [-0.1, -0.05) is 0 Å². The molecule has 8 nitrogen and oxygen atoms in total. The van der Waals surface area contributed by atoms with Gasteiger partial charge in [-0.25, -0.2) is 0 Å². The maximum absolute atomic E-state index is 13.4. The molecule has 0 aliphatic heterocycles. The highest BCUT2D eigenvalue weighted by atomic mass is 32.2. The Morgan fingerprint density at radius 2 is 1.97 bits per heavy atom. The number of hydrogen-bond donors (Lipinski definition) is 1. The number of nitrogens with zero attached hydrogens (tertiary/aromatic N) is 2. The van der Waals surface area contributed by atoms with E-state index < -0.39 is 10.1 Å². The van der Waals surface area contributed by atoms with E-state index in [1.165, 1.54) is 0 Å². The van der Waals surface area contributed by atoms with Gasteiger partial charge in [0.05, 0.1) is 37.9 Å². The van der Waals surface area contributed by atoms with Crippen LogP contribution < -0.4 is 10.1 Å². The average Bonchev–Trinajstić information content (AvgIpc) is 3.65. The second-order valence-corrected chi connectivity index (χ2v) is 10.2. The molecule has 2 heterocycles. The molecule has 1 aromatic carbocycles. The van der Waals surface area contributed by atoms with Crippen LogP contribution in [-0.4, -0.2) is 37.7 Å². The summed E-state index contributed by atoms with van der Waals surface area (Å²) in [6.07, 6.45) is 8.02. The first-order chi connectivity index (χ1) is 16.2. The van der Waals surface area contributed by atoms with Gasteiger partial charge in [0.2, 0.25) is 0 Å². The molecule has 0 bridgehead atoms. The number of aromatic nitrogens is 2. The summed E-state index contributed by atoms with van der Waals surface area (Å²) < 4.78 is 33.5. The summed E-state index contributed by atoms with van der Waals surface area (Å²) in [6.45, 7) is 1.81. The summed E-state index contributed by atoms with van der Waals surface area (Å²) in [7, 11) is -2.11. The maximum Gasteiger partial charge on any atom is 0.264 e. The number of ether oxygens (including phenoxy) is 1. The highest BCUT2D eigenvalue weighted by Gasteiger charge is 2.34. The van der Waals surface area contributed by atoms with Crippen molar-refractivity contribution in [3.63, 3.8) is 0 Å². The highest BCUT2D eigenvalue weighted by molar-refractivity contribution is 7.85. The molecule has 1 fully saturated rings. The quantitative estimate of drug-likeness (QED) is 0.463. The van der Waals surface area contributed by atoms with Crippen LogP contribution in [0.2, 0.25) is 0 Å². The zero-order chi connectivity index (χ0) is 24.3. The van der Waals surface area contributed by atoms with Gasteiger partial charge >= 0.3 is 0 Å². The number of carbonyl (C=O) groups excluding carboxylic acids is 1. The number of hydrogen-bond acceptors (Lipinski definition) is 7. The highest BCUT2D eigenvalue weighted by Crippen LogP contribution is 2.41. The van der Waals surface area contributed by atoms with Crippen molar-refractivity contribution in [3.05, 3.63) is 77.4 Å². The van der Waals surface area contributed by atoms with Gasteiger partial charge in [-0.3, -0.25) is 18.9 Å². The van der Waals surface area contributed by atoms with Crippen molar-refractivity contribution in [1.29, 1.82) is 0 Å². The molecule has 34 heavy (non-hydrogen) atoms. The van der Waals surface area contributed by atoms with Crippen LogP contribution in [0.1, 0.15) is 46.1 Å². The van der Waals surface area contributed by atoms with Crippen LogP contribution >= 0.6 is 0 Å². The Kier molecular flexibility index (Phi) is 6.95. The standard InChI is InChI=1S/C25H27N3O5S/c1-16-6-9-27-22(10-16)24(18-4-5-18)28-25(29)20-12-17(15-33-34(3,30)31)11-19(13-20)21-7-8-26-14-23(21)32-2/h6-14,18,24H,4-5,15H2,1-3H3,(H,28,29). The minimum absolute atomic E-state index is 0.189. The fourth-order valence-corrected chi connectivity index (χ4v) is 4.19. The molecular weight excluding hydrogens is 454 g/mol. The van der Waals surface area contributed by atoms with Crippen LogP contribution in [0.4, 0.5) is 0 Å². The van der Waals surface area contributed by atoms with Crippen molar-refractivity contribution in [2.75, 3.05) is 13.4 Å². The second-order valence-electron chi connectivity index (χ2n) is 8.51. The Bertz CT molecular complexity index is 1310. The van der Waals surface area contributed by atoms with E-state index in [1.807, 2.05) is 19.1 Å². The molecule has 4 rings (SSSR count). The Balaban J connectivity index is 1.69. The fraction of sp³-hybridized carbons (Fsp3) is 0.320. The number of benzene rings is 1. The van der Waals surface area contributed by atoms with Crippen LogP contribution in [0.15, 0.2) is 55.0 Å². The number of pyridine rings is 2. The lowest BCUT2D eigenvalue weighted by Gasteiger charge is -2.19. The zero-order valence-electron chi connectivity index (χ0n) is 19.3. The molecule has 3 aromatic rings. The van der Waals surface area contributed by atoms with Gasteiger partial charge in [-0.2, -0.15) is 8.42 Å². The third-order valence-corrected chi connectivity index (χ3v) is 6.19. The van der Waals surface area contributed by atoms with Crippen molar-refractivity contribution in [1.82, 2.24) is 15.3 Å². The monoisotopic (exact) mass is 481 g/mol. The average molecular weight is 482 g/mol. The molecule has 0 radical (unpaired) electrons. The number of methoxy groups -OCH3 is 1. The van der Waals surface area contributed by atoms with Crippen molar-refractivity contribution in [3.8, 4) is 16.9 Å². The lowest BCUT2D eigenvalue weighted by Crippen LogP contribution is -2.30. The molecule has 1 amide bonds. The molecular formula is C25H27N3O5S. The van der Waals surface area contributed by atoms with Gasteiger partial charge in [-0.05, 0) is 78.8 Å². The fourth-order valence-electron chi connectivity index (χ4n) is 3.84. The van der Waals surface area contributed by atoms with E-state index in [4.69, 9.17) is 8.92 Å². The molecule has 2 aromatic heterocycles. The number of aryl methyl sites for hydroxylation is 1. The summed E-state index contributed by atoms with van der Waals surface area (Å²) >= 11 is 0. The summed E-state index contributed by atoms with van der Waals surface area (Å²) in [4.78, 5) is 22.0. The van der Waals surface area contributed by atoms with Crippen LogP contribution in [0, 0.1) is 12.8 Å². The van der Waals surface area contributed by atoms with Crippen LogP contribution in [0.25, 0.3) is 11.1 Å². The van der Waals surface area contributed by atoms with E-state index in [2.05, 4.69) is 15.3 Å². The summed E-state index contributed by atoms with van der Waals surface area (Å²) in [5.74, 6) is 0.611. The van der Waals surface area contributed by atoms with E-state index in [-0.39, 0.29) is 18.6 Å². The second kappa shape index (κ2) is 9.90.